The minimum atomic E-state index is -1.11. The molecule has 23 heavy (non-hydrogen) atoms. The Hall–Kier alpha value is -1.38. The lowest BCUT2D eigenvalue weighted by molar-refractivity contribution is -0.139. The molecule has 2 rings (SSSR count). The fourth-order valence-corrected chi connectivity index (χ4v) is 4.70. The topological polar surface area (TPSA) is 75.6 Å². The molecule has 0 aliphatic carbocycles. The predicted molar refractivity (Wildman–Crippen MR) is 94.6 cm³/mol. The number of alkyl carbamates (subject to hydrolysis) is 1. The maximum atomic E-state index is 11.8. The van der Waals surface area contributed by atoms with Crippen LogP contribution in [0.1, 0.15) is 11.1 Å². The van der Waals surface area contributed by atoms with Crippen LogP contribution in [0, 0.1) is 0 Å². The van der Waals surface area contributed by atoms with E-state index in [-0.39, 0.29) is 13.0 Å². The summed E-state index contributed by atoms with van der Waals surface area (Å²) in [5.41, 5.74) is 1.64. The van der Waals surface area contributed by atoms with Gasteiger partial charge in [0, 0.05) is 6.42 Å². The van der Waals surface area contributed by atoms with Crippen LogP contribution in [-0.2, 0) is 22.6 Å². The van der Waals surface area contributed by atoms with Crippen LogP contribution in [0.5, 0.6) is 0 Å². The number of carbonyl (C=O) groups is 2. The summed E-state index contributed by atoms with van der Waals surface area (Å²) < 4.78 is 6.76. The lowest BCUT2D eigenvalue weighted by atomic mass is 10.1. The lowest BCUT2D eigenvalue weighted by Crippen LogP contribution is -2.42. The quantitative estimate of drug-likeness (QED) is 0.674. The van der Waals surface area contributed by atoms with Crippen LogP contribution in [0.2, 0.25) is 0 Å². The highest BCUT2D eigenvalue weighted by Gasteiger charge is 2.23. The normalized spacial score (nSPS) is 11.7. The van der Waals surface area contributed by atoms with Gasteiger partial charge in [0.05, 0.1) is 7.57 Å². The van der Waals surface area contributed by atoms with Gasteiger partial charge in [-0.1, -0.05) is 30.3 Å². The first kappa shape index (κ1) is 18.0. The van der Waals surface area contributed by atoms with Crippen molar-refractivity contribution in [2.24, 2.45) is 0 Å². The molecule has 1 heterocycles. The molecule has 2 aromatic rings. The van der Waals surface area contributed by atoms with Gasteiger partial charge in [0.1, 0.15) is 12.6 Å². The van der Waals surface area contributed by atoms with Crippen LogP contribution in [-0.4, -0.2) is 23.2 Å². The molecule has 0 saturated heterocycles. The van der Waals surface area contributed by atoms with E-state index in [1.807, 2.05) is 36.4 Å². The van der Waals surface area contributed by atoms with Crippen molar-refractivity contribution in [2.75, 3.05) is 0 Å². The van der Waals surface area contributed by atoms with Gasteiger partial charge in [0.2, 0.25) is 0 Å². The number of amides is 1. The molecule has 2 N–H and O–H groups in total. The third kappa shape index (κ3) is 5.63. The number of nitrogens with one attached hydrogen (secondary N) is 1. The third-order valence-electron chi connectivity index (χ3n) is 2.95. The summed E-state index contributed by atoms with van der Waals surface area (Å²) in [6.07, 6.45) is -0.593. The van der Waals surface area contributed by atoms with E-state index in [1.54, 1.807) is 0 Å². The summed E-state index contributed by atoms with van der Waals surface area (Å²) in [6, 6.07) is 9.94. The van der Waals surface area contributed by atoms with Gasteiger partial charge < -0.3 is 15.2 Å². The van der Waals surface area contributed by atoms with Gasteiger partial charge in [-0.15, -0.1) is 11.3 Å². The van der Waals surface area contributed by atoms with Crippen LogP contribution >= 0.6 is 43.2 Å². The zero-order valence-corrected chi connectivity index (χ0v) is 15.8. The fraction of sp³-hybridized carbons (Fsp3) is 0.200. The van der Waals surface area contributed by atoms with E-state index >= 15 is 0 Å². The van der Waals surface area contributed by atoms with Crippen molar-refractivity contribution in [3.63, 3.8) is 0 Å². The minimum Gasteiger partial charge on any atom is -0.480 e. The Morgan fingerprint density at radius 2 is 1.96 bits per heavy atom. The van der Waals surface area contributed by atoms with E-state index in [9.17, 15) is 14.7 Å². The van der Waals surface area contributed by atoms with E-state index < -0.39 is 18.1 Å². The summed E-state index contributed by atoms with van der Waals surface area (Å²) in [5, 5.41) is 11.7. The van der Waals surface area contributed by atoms with Gasteiger partial charge in [-0.25, -0.2) is 9.59 Å². The predicted octanol–water partition coefficient (Wildman–Crippen LogP) is 4.20. The zero-order valence-electron chi connectivity index (χ0n) is 11.8. The van der Waals surface area contributed by atoms with Gasteiger partial charge in [-0.2, -0.15) is 0 Å². The van der Waals surface area contributed by atoms with Crippen LogP contribution in [0.25, 0.3) is 0 Å². The number of hydrogen-bond acceptors (Lipinski definition) is 4. The first-order chi connectivity index (χ1) is 11.0. The number of hydrogen-bond donors (Lipinski definition) is 2. The molecule has 0 fully saturated rings. The molecule has 1 aromatic heterocycles. The zero-order chi connectivity index (χ0) is 16.8. The van der Waals surface area contributed by atoms with Gasteiger partial charge >= 0.3 is 12.1 Å². The number of aliphatic carboxylic acids is 1. The van der Waals surface area contributed by atoms with Crippen LogP contribution < -0.4 is 5.32 Å². The Morgan fingerprint density at radius 3 is 2.52 bits per heavy atom. The second kappa shape index (κ2) is 8.47. The summed E-state index contributed by atoms with van der Waals surface area (Å²) in [5.74, 6) is -1.11. The maximum Gasteiger partial charge on any atom is 0.408 e. The Kier molecular flexibility index (Phi) is 6.61. The van der Waals surface area contributed by atoms with Crippen molar-refractivity contribution in [3.8, 4) is 0 Å². The molecule has 0 bridgehead atoms. The van der Waals surface area contributed by atoms with E-state index in [0.29, 0.717) is 0 Å². The van der Waals surface area contributed by atoms with Crippen molar-refractivity contribution < 1.29 is 19.4 Å². The van der Waals surface area contributed by atoms with Gasteiger partial charge in [0.15, 0.2) is 0 Å². The smallest absolute Gasteiger partial charge is 0.408 e. The third-order valence-corrected chi connectivity index (χ3v) is 5.42. The fourth-order valence-electron chi connectivity index (χ4n) is 1.84. The number of benzene rings is 1. The van der Waals surface area contributed by atoms with Gasteiger partial charge in [0.25, 0.3) is 0 Å². The summed E-state index contributed by atoms with van der Waals surface area (Å²) in [4.78, 5) is 23.1. The molecular formula is C15H13Br2NO4S. The molecule has 1 amide bonds. The van der Waals surface area contributed by atoms with Gasteiger partial charge in [-0.05, 0) is 49.1 Å². The molecule has 1 atom stereocenters. The second-order valence-corrected chi connectivity index (χ2v) is 8.40. The molecule has 5 nitrogen and oxygen atoms in total. The largest absolute Gasteiger partial charge is 0.480 e. The first-order valence-corrected chi connectivity index (χ1v) is 8.99. The number of rotatable bonds is 6. The van der Waals surface area contributed by atoms with E-state index in [1.165, 1.54) is 11.3 Å². The lowest BCUT2D eigenvalue weighted by Gasteiger charge is -2.14. The number of carboxylic acid groups (broad SMARTS) is 1. The monoisotopic (exact) mass is 461 g/mol. The highest BCUT2D eigenvalue weighted by Crippen LogP contribution is 2.32. The molecule has 0 aliphatic rings. The average molecular weight is 463 g/mol. The molecular weight excluding hydrogens is 450 g/mol. The Morgan fingerprint density at radius 1 is 1.26 bits per heavy atom. The SMILES string of the molecule is O=C(NC(Cc1cc(Br)sc1Br)C(=O)O)OCc1ccccc1. The molecule has 0 saturated carbocycles. The number of carbonyl (C=O) groups excluding carboxylic acids is 1. The van der Waals surface area contributed by atoms with Crippen molar-refractivity contribution in [1.29, 1.82) is 0 Å². The molecule has 122 valence electrons. The van der Waals surface area contributed by atoms with Crippen LogP contribution in [0.3, 0.4) is 0 Å². The molecule has 0 aliphatic heterocycles. The van der Waals surface area contributed by atoms with Crippen LogP contribution in [0.4, 0.5) is 4.79 Å². The first-order valence-electron chi connectivity index (χ1n) is 6.59. The summed E-state index contributed by atoms with van der Waals surface area (Å²) >= 11 is 8.16. The summed E-state index contributed by atoms with van der Waals surface area (Å²) in [7, 11) is 0. The second-order valence-electron chi connectivity index (χ2n) is 4.65. The Balaban J connectivity index is 1.92. The molecule has 8 heteroatoms. The van der Waals surface area contributed by atoms with Crippen molar-refractivity contribution in [1.82, 2.24) is 5.32 Å². The average Bonchev–Trinajstić information content (AvgIpc) is 2.83. The highest BCUT2D eigenvalue weighted by atomic mass is 79.9. The molecule has 1 unspecified atom stereocenters. The number of halogens is 2. The number of carboxylic acids is 1. The number of ether oxygens (including phenoxy) is 1. The van der Waals surface area contributed by atoms with Crippen LogP contribution in [0.15, 0.2) is 44.0 Å². The standard InChI is InChI=1S/C15H13Br2NO4S/c16-12-7-10(13(17)23-12)6-11(14(19)20)18-15(21)22-8-9-4-2-1-3-5-9/h1-5,7,11H,6,8H2,(H,18,21)(H,19,20). The van der Waals surface area contributed by atoms with Crippen molar-refractivity contribution in [2.45, 2.75) is 19.1 Å². The van der Waals surface area contributed by atoms with Crippen molar-refractivity contribution >= 4 is 55.3 Å². The number of thiophene rings is 1. The highest BCUT2D eigenvalue weighted by molar-refractivity contribution is 9.12. The Bertz CT molecular complexity index is 690. The maximum absolute atomic E-state index is 11.8. The molecule has 0 spiro atoms. The molecule has 0 radical (unpaired) electrons. The Labute approximate surface area is 153 Å². The van der Waals surface area contributed by atoms with Gasteiger partial charge in [-0.3, -0.25) is 0 Å². The van der Waals surface area contributed by atoms with E-state index in [0.717, 1.165) is 18.7 Å². The molecule has 1 aromatic carbocycles. The van der Waals surface area contributed by atoms with E-state index in [2.05, 4.69) is 37.2 Å². The minimum absolute atomic E-state index is 0.0900. The van der Waals surface area contributed by atoms with Crippen molar-refractivity contribution in [3.05, 3.63) is 55.1 Å². The summed E-state index contributed by atoms with van der Waals surface area (Å²) in [6.45, 7) is 0.0900. The van der Waals surface area contributed by atoms with E-state index in [4.69, 9.17) is 4.74 Å².